The molecule has 1 fully saturated rings. The van der Waals surface area contributed by atoms with Crippen molar-refractivity contribution in [1.29, 1.82) is 0 Å². The van der Waals surface area contributed by atoms with Gasteiger partial charge in [-0.2, -0.15) is 11.3 Å². The predicted molar refractivity (Wildman–Crippen MR) is 121 cm³/mol. The lowest BCUT2D eigenvalue weighted by molar-refractivity contribution is 0.189. The second-order valence-corrected chi connectivity index (χ2v) is 7.72. The summed E-state index contributed by atoms with van der Waals surface area (Å²) >= 11 is 1.76. The van der Waals surface area contributed by atoms with Crippen molar-refractivity contribution in [2.45, 2.75) is 39.2 Å². The van der Waals surface area contributed by atoms with E-state index < -0.39 is 0 Å². The third kappa shape index (κ3) is 5.22. The van der Waals surface area contributed by atoms with E-state index in [9.17, 15) is 0 Å². The molecule has 1 saturated heterocycles. The van der Waals surface area contributed by atoms with Crippen LogP contribution in [0, 0.1) is 5.92 Å². The molecule has 144 valence electrons. The number of piperidine rings is 1. The number of guanidine groups is 1. The highest BCUT2D eigenvalue weighted by Gasteiger charge is 2.28. The Morgan fingerprint density at radius 3 is 3.00 bits per heavy atom. The van der Waals surface area contributed by atoms with Gasteiger partial charge in [-0.05, 0) is 41.7 Å². The molecule has 3 unspecified atom stereocenters. The van der Waals surface area contributed by atoms with Crippen molar-refractivity contribution in [3.8, 4) is 0 Å². The van der Waals surface area contributed by atoms with Crippen molar-refractivity contribution in [2.75, 3.05) is 26.2 Å². The number of likely N-dealkylation sites (tertiary alicyclic amines) is 1. The standard InChI is InChI=1S/C19H29N5S.HI/c1-4-21-19(22-11-16(3)17-6-10-25-13-17)23-8-5-15(2)18(12-23)24-9-7-20-14-24;/h6-7,9-10,13-16,18H,4-5,8,11-12H2,1-3H3,(H,21,22);1H. The lowest BCUT2D eigenvalue weighted by atomic mass is 9.93. The number of imidazole rings is 1. The highest BCUT2D eigenvalue weighted by molar-refractivity contribution is 14.0. The summed E-state index contributed by atoms with van der Waals surface area (Å²) in [6.45, 7) is 10.5. The molecule has 2 aromatic rings. The minimum atomic E-state index is 0. The summed E-state index contributed by atoms with van der Waals surface area (Å²) in [5, 5.41) is 7.86. The summed E-state index contributed by atoms with van der Waals surface area (Å²) in [6, 6.07) is 2.66. The molecule has 3 atom stereocenters. The molecule has 1 aliphatic heterocycles. The van der Waals surface area contributed by atoms with E-state index in [2.05, 4.69) is 63.6 Å². The van der Waals surface area contributed by atoms with Crippen LogP contribution in [0.25, 0.3) is 0 Å². The highest BCUT2D eigenvalue weighted by Crippen LogP contribution is 2.27. The molecule has 3 rings (SSSR count). The van der Waals surface area contributed by atoms with E-state index in [0.717, 1.165) is 32.1 Å². The molecule has 3 heterocycles. The van der Waals surface area contributed by atoms with Crippen LogP contribution in [0.1, 0.15) is 44.7 Å². The molecule has 0 aromatic carbocycles. The fourth-order valence-electron chi connectivity index (χ4n) is 3.41. The minimum Gasteiger partial charge on any atom is -0.357 e. The summed E-state index contributed by atoms with van der Waals surface area (Å²) in [6.07, 6.45) is 7.06. The van der Waals surface area contributed by atoms with Crippen LogP contribution in [0.4, 0.5) is 0 Å². The number of halogens is 1. The largest absolute Gasteiger partial charge is 0.357 e. The smallest absolute Gasteiger partial charge is 0.194 e. The fraction of sp³-hybridized carbons (Fsp3) is 0.579. The first-order valence-corrected chi connectivity index (χ1v) is 10.2. The Balaban J connectivity index is 0.00000243. The molecule has 1 N–H and O–H groups in total. The lowest BCUT2D eigenvalue weighted by Crippen LogP contribution is -2.49. The third-order valence-corrected chi connectivity index (χ3v) is 5.79. The number of aromatic nitrogens is 2. The Bertz CT molecular complexity index is 656. The molecular weight excluding hydrogens is 457 g/mol. The van der Waals surface area contributed by atoms with Gasteiger partial charge in [-0.1, -0.05) is 13.8 Å². The van der Waals surface area contributed by atoms with Crippen molar-refractivity contribution in [3.63, 3.8) is 0 Å². The van der Waals surface area contributed by atoms with E-state index in [1.807, 2.05) is 12.5 Å². The van der Waals surface area contributed by atoms with Crippen LogP contribution in [-0.2, 0) is 0 Å². The van der Waals surface area contributed by atoms with Crippen molar-refractivity contribution >= 4 is 41.3 Å². The Labute approximate surface area is 177 Å². The van der Waals surface area contributed by atoms with Crippen LogP contribution in [-0.4, -0.2) is 46.6 Å². The summed E-state index contributed by atoms with van der Waals surface area (Å²) < 4.78 is 2.24. The van der Waals surface area contributed by atoms with Gasteiger partial charge in [0.15, 0.2) is 5.96 Å². The topological polar surface area (TPSA) is 45.5 Å². The van der Waals surface area contributed by atoms with Gasteiger partial charge in [-0.15, -0.1) is 24.0 Å². The number of thiophene rings is 1. The summed E-state index contributed by atoms with van der Waals surface area (Å²) in [4.78, 5) is 11.6. The monoisotopic (exact) mass is 487 g/mol. The Kier molecular flexibility index (Phi) is 8.40. The summed E-state index contributed by atoms with van der Waals surface area (Å²) in [7, 11) is 0. The van der Waals surface area contributed by atoms with Gasteiger partial charge < -0.3 is 14.8 Å². The average Bonchev–Trinajstić information content (AvgIpc) is 3.32. The van der Waals surface area contributed by atoms with E-state index in [1.54, 1.807) is 11.3 Å². The molecule has 0 saturated carbocycles. The molecular formula is C19H30IN5S. The average molecular weight is 487 g/mol. The van der Waals surface area contributed by atoms with Crippen molar-refractivity contribution in [3.05, 3.63) is 41.1 Å². The van der Waals surface area contributed by atoms with Gasteiger partial charge in [-0.25, -0.2) is 4.98 Å². The number of nitrogens with zero attached hydrogens (tertiary/aromatic N) is 4. The van der Waals surface area contributed by atoms with Gasteiger partial charge >= 0.3 is 0 Å². The first-order valence-electron chi connectivity index (χ1n) is 9.21. The van der Waals surface area contributed by atoms with Crippen LogP contribution in [0.2, 0.25) is 0 Å². The van der Waals surface area contributed by atoms with Crippen molar-refractivity contribution < 1.29 is 0 Å². The zero-order valence-corrected chi connectivity index (χ0v) is 19.0. The van der Waals surface area contributed by atoms with Crippen LogP contribution in [0.15, 0.2) is 40.5 Å². The van der Waals surface area contributed by atoms with Crippen LogP contribution in [0.5, 0.6) is 0 Å². The third-order valence-electron chi connectivity index (χ3n) is 5.09. The SMILES string of the molecule is CCNC(=NCC(C)c1ccsc1)N1CCC(C)C(n2ccnc2)C1.I. The van der Waals surface area contributed by atoms with E-state index in [0.29, 0.717) is 17.9 Å². The Hall–Kier alpha value is -1.09. The molecule has 0 radical (unpaired) electrons. The Morgan fingerprint density at radius 1 is 1.50 bits per heavy atom. The van der Waals surface area contributed by atoms with E-state index in [-0.39, 0.29) is 24.0 Å². The van der Waals surface area contributed by atoms with Gasteiger partial charge in [0.25, 0.3) is 0 Å². The molecule has 0 aliphatic carbocycles. The molecule has 0 bridgehead atoms. The zero-order chi connectivity index (χ0) is 17.6. The normalized spacial score (nSPS) is 22.0. The number of hydrogen-bond acceptors (Lipinski definition) is 3. The van der Waals surface area contributed by atoms with Gasteiger partial charge in [0.2, 0.25) is 0 Å². The summed E-state index contributed by atoms with van der Waals surface area (Å²) in [5.41, 5.74) is 1.38. The highest BCUT2D eigenvalue weighted by atomic mass is 127. The molecule has 7 heteroatoms. The number of rotatable bonds is 5. The number of nitrogens with one attached hydrogen (secondary N) is 1. The second-order valence-electron chi connectivity index (χ2n) is 6.94. The molecule has 26 heavy (non-hydrogen) atoms. The maximum absolute atomic E-state index is 4.95. The molecule has 2 aromatic heterocycles. The van der Waals surface area contributed by atoms with E-state index in [1.165, 1.54) is 12.0 Å². The molecule has 0 spiro atoms. The summed E-state index contributed by atoms with van der Waals surface area (Å²) in [5.74, 6) is 2.15. The first kappa shape index (κ1) is 21.2. The van der Waals surface area contributed by atoms with Crippen molar-refractivity contribution in [2.24, 2.45) is 10.9 Å². The maximum Gasteiger partial charge on any atom is 0.194 e. The predicted octanol–water partition coefficient (Wildman–Crippen LogP) is 4.21. The van der Waals surface area contributed by atoms with E-state index >= 15 is 0 Å². The van der Waals surface area contributed by atoms with Crippen LogP contribution in [0.3, 0.4) is 0 Å². The number of hydrogen-bond donors (Lipinski definition) is 1. The lowest BCUT2D eigenvalue weighted by Gasteiger charge is -2.39. The van der Waals surface area contributed by atoms with Crippen LogP contribution >= 0.6 is 35.3 Å². The van der Waals surface area contributed by atoms with Gasteiger partial charge in [0.05, 0.1) is 12.4 Å². The molecule has 5 nitrogen and oxygen atoms in total. The fourth-order valence-corrected chi connectivity index (χ4v) is 4.19. The first-order chi connectivity index (χ1) is 12.2. The molecule has 1 aliphatic rings. The van der Waals surface area contributed by atoms with E-state index in [4.69, 9.17) is 4.99 Å². The Morgan fingerprint density at radius 2 is 2.35 bits per heavy atom. The quantitative estimate of drug-likeness (QED) is 0.391. The van der Waals surface area contributed by atoms with Crippen molar-refractivity contribution in [1.82, 2.24) is 19.8 Å². The van der Waals surface area contributed by atoms with Gasteiger partial charge in [-0.3, -0.25) is 4.99 Å². The second kappa shape index (κ2) is 10.3. The van der Waals surface area contributed by atoms with Crippen LogP contribution < -0.4 is 5.32 Å². The molecule has 0 amide bonds. The number of aliphatic imine (C=N–C) groups is 1. The van der Waals surface area contributed by atoms with Gasteiger partial charge in [0, 0.05) is 44.5 Å². The zero-order valence-electron chi connectivity index (χ0n) is 15.8. The minimum absolute atomic E-state index is 0. The van der Waals surface area contributed by atoms with Gasteiger partial charge in [0.1, 0.15) is 0 Å². The maximum atomic E-state index is 4.95.